The van der Waals surface area contributed by atoms with Crippen LogP contribution in [0.4, 0.5) is 0 Å². The lowest BCUT2D eigenvalue weighted by Crippen LogP contribution is -2.25. The molecule has 0 heterocycles. The number of nitrogen functional groups attached to an aromatic ring is 1. The highest BCUT2D eigenvalue weighted by atomic mass is 16.5. The summed E-state index contributed by atoms with van der Waals surface area (Å²) in [6.45, 7) is 2.37. The average Bonchev–Trinajstić information content (AvgIpc) is 2.61. The van der Waals surface area contributed by atoms with Crippen LogP contribution in [0.3, 0.4) is 0 Å². The van der Waals surface area contributed by atoms with Gasteiger partial charge in [0.05, 0.1) is 0 Å². The molecule has 0 saturated carbocycles. The lowest BCUT2D eigenvalue weighted by Gasteiger charge is -2.09. The van der Waals surface area contributed by atoms with Crippen LogP contribution in [-0.4, -0.2) is 38.0 Å². The smallest absolute Gasteiger partial charge is 0.248 e. The Labute approximate surface area is 146 Å². The third kappa shape index (κ3) is 6.15. The topological polar surface area (TPSA) is 123 Å². The molecule has 0 aromatic heterocycles. The lowest BCUT2D eigenvalue weighted by atomic mass is 10.2. The molecule has 0 saturated heterocycles. The second-order valence-electron chi connectivity index (χ2n) is 5.27. The number of rotatable bonds is 10. The van der Waals surface area contributed by atoms with Crippen molar-refractivity contribution in [2.24, 2.45) is 11.5 Å². The minimum atomic E-state index is -0.454. The molecule has 0 unspecified atom stereocenters. The minimum Gasteiger partial charge on any atom is -0.492 e. The number of carbonyl (C=O) groups excluding carboxylic acids is 1. The first kappa shape index (κ1) is 18.3. The predicted molar refractivity (Wildman–Crippen MR) is 96.3 cm³/mol. The van der Waals surface area contributed by atoms with E-state index in [0.717, 1.165) is 5.75 Å². The summed E-state index contributed by atoms with van der Waals surface area (Å²) in [5, 5.41) is 10.5. The van der Waals surface area contributed by atoms with Crippen molar-refractivity contribution in [3.63, 3.8) is 0 Å². The van der Waals surface area contributed by atoms with Gasteiger partial charge in [0.25, 0.3) is 0 Å². The zero-order valence-electron chi connectivity index (χ0n) is 13.8. The quantitative estimate of drug-likeness (QED) is 0.293. The Balaban J connectivity index is 1.57. The Morgan fingerprint density at radius 1 is 0.840 bits per heavy atom. The molecule has 132 valence electrons. The summed E-state index contributed by atoms with van der Waals surface area (Å²) in [4.78, 5) is 11.0. The Bertz CT molecular complexity index is 638. The van der Waals surface area contributed by atoms with Crippen LogP contribution in [0.15, 0.2) is 48.5 Å². The molecule has 0 aliphatic heterocycles. The Morgan fingerprint density at radius 2 is 1.28 bits per heavy atom. The minimum absolute atomic E-state index is 0.0393. The second kappa shape index (κ2) is 9.29. The maximum Gasteiger partial charge on any atom is 0.248 e. The van der Waals surface area contributed by atoms with Crippen molar-refractivity contribution >= 4 is 11.7 Å². The molecular weight excluding hydrogens is 320 g/mol. The van der Waals surface area contributed by atoms with Gasteiger partial charge in [-0.25, -0.2) is 0 Å². The molecule has 1 amide bonds. The molecule has 6 N–H and O–H groups in total. The first-order valence-electron chi connectivity index (χ1n) is 7.87. The van der Waals surface area contributed by atoms with E-state index in [1.165, 1.54) is 0 Å². The molecule has 0 radical (unpaired) electrons. The number of nitrogens with one attached hydrogen (secondary N) is 2. The van der Waals surface area contributed by atoms with Gasteiger partial charge in [0.1, 0.15) is 30.5 Å². The van der Waals surface area contributed by atoms with Crippen molar-refractivity contribution in [3.05, 3.63) is 59.7 Å². The van der Waals surface area contributed by atoms with Gasteiger partial charge in [0.15, 0.2) is 0 Å². The largest absolute Gasteiger partial charge is 0.492 e. The van der Waals surface area contributed by atoms with E-state index in [-0.39, 0.29) is 5.84 Å². The Hall–Kier alpha value is -3.06. The molecule has 0 aliphatic carbocycles. The maximum absolute atomic E-state index is 11.0. The summed E-state index contributed by atoms with van der Waals surface area (Å²) in [5.74, 6) is 1.01. The molecule has 2 rings (SSSR count). The summed E-state index contributed by atoms with van der Waals surface area (Å²) in [6, 6.07) is 13.8. The van der Waals surface area contributed by atoms with Crippen molar-refractivity contribution in [2.45, 2.75) is 0 Å². The van der Waals surface area contributed by atoms with Crippen molar-refractivity contribution in [3.8, 4) is 11.5 Å². The standard InChI is InChI=1S/C18H22N4O3/c19-17(20)13-1-5-15(6-2-13)24-11-9-22-10-12-25-16-7-3-14(4-8-16)18(21)23/h1-8,22H,9-12H2,(H3,19,20)(H2,21,23). The second-order valence-corrected chi connectivity index (χ2v) is 5.27. The first-order valence-corrected chi connectivity index (χ1v) is 7.87. The normalized spacial score (nSPS) is 10.2. The van der Waals surface area contributed by atoms with Crippen molar-refractivity contribution in [1.82, 2.24) is 5.32 Å². The van der Waals surface area contributed by atoms with Gasteiger partial charge in [-0.05, 0) is 48.5 Å². The molecule has 7 heteroatoms. The van der Waals surface area contributed by atoms with E-state index in [4.69, 9.17) is 26.4 Å². The fourth-order valence-electron chi connectivity index (χ4n) is 2.05. The van der Waals surface area contributed by atoms with Crippen LogP contribution >= 0.6 is 0 Å². The molecule has 0 aliphatic rings. The molecule has 0 bridgehead atoms. The van der Waals surface area contributed by atoms with E-state index in [2.05, 4.69) is 5.32 Å². The third-order valence-corrected chi connectivity index (χ3v) is 3.40. The molecule has 0 atom stereocenters. The maximum atomic E-state index is 11.0. The summed E-state index contributed by atoms with van der Waals surface area (Å²) < 4.78 is 11.1. The van der Waals surface area contributed by atoms with Crippen LogP contribution < -0.4 is 26.3 Å². The molecule has 25 heavy (non-hydrogen) atoms. The van der Waals surface area contributed by atoms with Gasteiger partial charge < -0.3 is 26.3 Å². The van der Waals surface area contributed by atoms with E-state index in [1.54, 1.807) is 48.5 Å². The first-order chi connectivity index (χ1) is 12.1. The van der Waals surface area contributed by atoms with Crippen LogP contribution in [-0.2, 0) is 0 Å². The summed E-state index contributed by atoms with van der Waals surface area (Å²) in [6.07, 6.45) is 0. The van der Waals surface area contributed by atoms with E-state index < -0.39 is 5.91 Å². The van der Waals surface area contributed by atoms with E-state index >= 15 is 0 Å². The van der Waals surface area contributed by atoms with Crippen molar-refractivity contribution in [2.75, 3.05) is 26.3 Å². The lowest BCUT2D eigenvalue weighted by molar-refractivity contribution is 0.100. The van der Waals surface area contributed by atoms with Crippen molar-refractivity contribution in [1.29, 1.82) is 5.41 Å². The predicted octanol–water partition coefficient (Wildman–Crippen LogP) is 1.12. The van der Waals surface area contributed by atoms with Crippen molar-refractivity contribution < 1.29 is 14.3 Å². The highest BCUT2D eigenvalue weighted by molar-refractivity contribution is 5.95. The van der Waals surface area contributed by atoms with Crippen LogP contribution in [0.25, 0.3) is 0 Å². The zero-order chi connectivity index (χ0) is 18.1. The Kier molecular flexibility index (Phi) is 6.79. The van der Waals surface area contributed by atoms with Gasteiger partial charge in [0.2, 0.25) is 5.91 Å². The Morgan fingerprint density at radius 3 is 1.68 bits per heavy atom. The van der Waals surface area contributed by atoms with Gasteiger partial charge >= 0.3 is 0 Å². The van der Waals surface area contributed by atoms with Crippen LogP contribution in [0.2, 0.25) is 0 Å². The van der Waals surface area contributed by atoms with Gasteiger partial charge in [0, 0.05) is 24.2 Å². The number of amides is 1. The molecule has 0 spiro atoms. The van der Waals surface area contributed by atoms with Gasteiger partial charge in [-0.15, -0.1) is 0 Å². The summed E-state index contributed by atoms with van der Waals surface area (Å²) in [7, 11) is 0. The number of hydrogen-bond donors (Lipinski definition) is 4. The molecule has 2 aromatic carbocycles. The third-order valence-electron chi connectivity index (χ3n) is 3.40. The number of ether oxygens (including phenoxy) is 2. The average molecular weight is 342 g/mol. The molecule has 2 aromatic rings. The number of benzene rings is 2. The molecular formula is C18H22N4O3. The number of hydrogen-bond acceptors (Lipinski definition) is 5. The van der Waals surface area contributed by atoms with Gasteiger partial charge in [-0.1, -0.05) is 0 Å². The fourth-order valence-corrected chi connectivity index (χ4v) is 2.05. The number of nitrogens with two attached hydrogens (primary N) is 2. The van der Waals surface area contributed by atoms with Crippen LogP contribution in [0.5, 0.6) is 11.5 Å². The number of amidine groups is 1. The molecule has 0 fully saturated rings. The highest BCUT2D eigenvalue weighted by Gasteiger charge is 2.00. The zero-order valence-corrected chi connectivity index (χ0v) is 13.8. The number of primary amides is 1. The van der Waals surface area contributed by atoms with Crippen LogP contribution in [0, 0.1) is 5.41 Å². The summed E-state index contributed by atoms with van der Waals surface area (Å²) in [5.41, 5.74) is 11.7. The van der Waals surface area contributed by atoms with E-state index in [9.17, 15) is 4.79 Å². The molecule has 7 nitrogen and oxygen atoms in total. The van der Waals surface area contributed by atoms with Crippen LogP contribution in [0.1, 0.15) is 15.9 Å². The van der Waals surface area contributed by atoms with E-state index in [0.29, 0.717) is 43.2 Å². The fraction of sp³-hybridized carbons (Fsp3) is 0.222. The summed E-state index contributed by atoms with van der Waals surface area (Å²) >= 11 is 0. The van der Waals surface area contributed by atoms with Gasteiger partial charge in [-0.3, -0.25) is 10.2 Å². The SMILES string of the molecule is N=C(N)c1ccc(OCCNCCOc2ccc(C(N)=O)cc2)cc1. The number of carbonyl (C=O) groups is 1. The van der Waals surface area contributed by atoms with Gasteiger partial charge in [-0.2, -0.15) is 0 Å². The van der Waals surface area contributed by atoms with E-state index in [1.807, 2.05) is 0 Å². The monoisotopic (exact) mass is 342 g/mol. The highest BCUT2D eigenvalue weighted by Crippen LogP contribution is 2.12.